The Bertz CT molecular complexity index is 228. The van der Waals surface area contributed by atoms with Crippen LogP contribution in [0.2, 0.25) is 0 Å². The van der Waals surface area contributed by atoms with E-state index in [0.717, 1.165) is 0 Å². The topological polar surface area (TPSA) is 97.3 Å². The van der Waals surface area contributed by atoms with Crippen molar-refractivity contribution in [3.63, 3.8) is 0 Å². The first-order valence-corrected chi connectivity index (χ1v) is 1.89. The Morgan fingerprint density at radius 3 is 2.56 bits per heavy atom. The Hall–Kier alpha value is -1.66. The molecule has 0 N–H and O–H groups in total. The van der Waals surface area contributed by atoms with Crippen LogP contribution in [-0.4, -0.2) is 16.6 Å². The van der Waals surface area contributed by atoms with Crippen molar-refractivity contribution < 1.29 is 9.64 Å². The van der Waals surface area contributed by atoms with Gasteiger partial charge in [-0.3, -0.25) is 0 Å². The highest BCUT2D eigenvalue weighted by Gasteiger charge is 2.29. The summed E-state index contributed by atoms with van der Waals surface area (Å²) >= 11 is 0. The number of carbonyl (C=O) groups is 1. The number of nitrogens with zero attached hydrogens (tertiary/aromatic N) is 4. The van der Waals surface area contributed by atoms with Gasteiger partial charge in [-0.15, -0.1) is 4.85 Å². The van der Waals surface area contributed by atoms with Crippen molar-refractivity contribution in [3.05, 3.63) is 10.1 Å². The van der Waals surface area contributed by atoms with Crippen LogP contribution < -0.4 is 0 Å². The molecule has 0 spiro atoms. The van der Waals surface area contributed by atoms with Crippen LogP contribution in [0.3, 0.4) is 0 Å². The molecule has 0 fully saturated rings. The van der Waals surface area contributed by atoms with Gasteiger partial charge in [-0.2, -0.15) is 0 Å². The summed E-state index contributed by atoms with van der Waals surface area (Å²) in [5.74, 6) is -1.82. The molecule has 0 saturated heterocycles. The minimum absolute atomic E-state index is 0.227. The molecule has 1 aliphatic rings. The lowest BCUT2D eigenvalue weighted by Gasteiger charge is -1.89. The first kappa shape index (κ1) is 5.48. The summed E-state index contributed by atoms with van der Waals surface area (Å²) in [6.07, 6.45) is 0. The van der Waals surface area contributed by atoms with E-state index in [2.05, 4.69) is 15.5 Å². The number of hydrogen-bond donors (Lipinski definition) is 0. The van der Waals surface area contributed by atoms with Gasteiger partial charge < -0.3 is 5.21 Å². The minimum Gasteiger partial charge on any atom is -0.721 e. The quantitative estimate of drug-likeness (QED) is 0.251. The van der Waals surface area contributed by atoms with E-state index in [1.54, 1.807) is 0 Å². The second kappa shape index (κ2) is 1.69. The maximum Gasteiger partial charge on any atom is 0.445 e. The van der Waals surface area contributed by atoms with E-state index in [-0.39, 0.29) is 4.85 Å². The molecule has 7 nitrogen and oxygen atoms in total. The summed E-state index contributed by atoms with van der Waals surface area (Å²) in [4.78, 5) is 19.5. The zero-order chi connectivity index (χ0) is 6.85. The fraction of sp³-hybridized carbons (Fsp3) is 0. The summed E-state index contributed by atoms with van der Waals surface area (Å²) in [5, 5.41) is 17.6. The van der Waals surface area contributed by atoms with Crippen LogP contribution in [0.1, 0.15) is 0 Å². The summed E-state index contributed by atoms with van der Waals surface area (Å²) in [6.45, 7) is 0. The predicted octanol–water partition coefficient (Wildman–Crippen LogP) is -0.431. The lowest BCUT2D eigenvalue weighted by molar-refractivity contribution is -0.466. The first-order valence-electron chi connectivity index (χ1n) is 1.89. The van der Waals surface area contributed by atoms with Crippen molar-refractivity contribution in [1.82, 2.24) is 0 Å². The van der Waals surface area contributed by atoms with Crippen LogP contribution >= 0.6 is 0 Å². The molecule has 1 amide bonds. The molecule has 0 aromatic rings. The average Bonchev–Trinajstić information content (AvgIpc) is 2.12. The van der Waals surface area contributed by atoms with E-state index in [1.165, 1.54) is 0 Å². The van der Waals surface area contributed by atoms with Gasteiger partial charge in [0.05, 0.1) is 10.3 Å². The third kappa shape index (κ3) is 0.671. The van der Waals surface area contributed by atoms with E-state index in [4.69, 9.17) is 0 Å². The van der Waals surface area contributed by atoms with E-state index in [9.17, 15) is 14.9 Å². The predicted molar refractivity (Wildman–Crippen MR) is 24.3 cm³/mol. The van der Waals surface area contributed by atoms with E-state index in [0.29, 0.717) is 0 Å². The SMILES string of the molecule is O=NC1=[N+]([O-])N=NC1=O. The van der Waals surface area contributed by atoms with Gasteiger partial charge in [0.2, 0.25) is 0 Å². The maximum atomic E-state index is 10.2. The minimum atomic E-state index is -1.000. The zero-order valence-electron chi connectivity index (χ0n) is 4.01. The van der Waals surface area contributed by atoms with Crippen molar-refractivity contribution >= 4 is 11.7 Å². The monoisotopic (exact) mass is 128 g/mol. The molecule has 0 aromatic carbocycles. The molecule has 0 unspecified atom stereocenters. The van der Waals surface area contributed by atoms with Gasteiger partial charge in [-0.25, -0.2) is 4.79 Å². The van der Waals surface area contributed by atoms with Gasteiger partial charge in [0.15, 0.2) is 0 Å². The molecule has 0 atom stereocenters. The van der Waals surface area contributed by atoms with Gasteiger partial charge in [0.1, 0.15) is 5.18 Å². The lowest BCUT2D eigenvalue weighted by Crippen LogP contribution is -2.10. The molecule has 1 aliphatic heterocycles. The van der Waals surface area contributed by atoms with Gasteiger partial charge in [-0.1, -0.05) is 4.91 Å². The molecular weight excluding hydrogens is 128 g/mol. The molecule has 9 heavy (non-hydrogen) atoms. The molecule has 1 rings (SSSR count). The third-order valence-electron chi connectivity index (χ3n) is 0.676. The van der Waals surface area contributed by atoms with Gasteiger partial charge >= 0.3 is 11.7 Å². The Balaban J connectivity index is 3.06. The summed E-state index contributed by atoms with van der Waals surface area (Å²) in [7, 11) is 0. The van der Waals surface area contributed by atoms with Crippen molar-refractivity contribution in [2.45, 2.75) is 0 Å². The number of carbonyl (C=O) groups excluding carboxylic acids is 1. The molecule has 1 heterocycles. The zero-order valence-corrected chi connectivity index (χ0v) is 4.01. The van der Waals surface area contributed by atoms with Crippen LogP contribution in [0.5, 0.6) is 0 Å². The van der Waals surface area contributed by atoms with Crippen LogP contribution in [0.25, 0.3) is 0 Å². The molecule has 0 bridgehead atoms. The van der Waals surface area contributed by atoms with Gasteiger partial charge in [-0.05, 0) is 0 Å². The molecule has 0 saturated carbocycles. The van der Waals surface area contributed by atoms with Crippen LogP contribution in [0.4, 0.5) is 0 Å². The Morgan fingerprint density at radius 1 is 1.67 bits per heavy atom. The van der Waals surface area contributed by atoms with Crippen molar-refractivity contribution in [3.8, 4) is 0 Å². The number of nitroso groups, excluding NO2 is 1. The number of amides is 1. The second-order valence-electron chi connectivity index (χ2n) is 1.18. The fourth-order valence-corrected chi connectivity index (χ4v) is 0.324. The standard InChI is InChI=1S/C2N4O3/c7-2-1(4-8)6(9)5-3-2. The smallest absolute Gasteiger partial charge is 0.445 e. The van der Waals surface area contributed by atoms with Crippen LogP contribution in [0.15, 0.2) is 15.5 Å². The number of amidine groups is 1. The molecule has 0 aliphatic carbocycles. The number of hydrogen-bond acceptors (Lipinski definition) is 5. The summed E-state index contributed by atoms with van der Waals surface area (Å²) < 4.78 is 0. The largest absolute Gasteiger partial charge is 0.721 e. The normalized spacial score (nSPS) is 17.1. The van der Waals surface area contributed by atoms with E-state index < -0.39 is 11.7 Å². The average molecular weight is 128 g/mol. The maximum absolute atomic E-state index is 10.2. The molecule has 0 aromatic heterocycles. The Labute approximate surface area is 48.2 Å². The first-order chi connectivity index (χ1) is 4.25. The highest BCUT2D eigenvalue weighted by Crippen LogP contribution is 1.95. The molecule has 46 valence electrons. The highest BCUT2D eigenvalue weighted by molar-refractivity contribution is 6.36. The van der Waals surface area contributed by atoms with Gasteiger partial charge in [0, 0.05) is 0 Å². The summed E-state index contributed by atoms with van der Waals surface area (Å²) in [6, 6.07) is 0. The van der Waals surface area contributed by atoms with Crippen LogP contribution in [-0.2, 0) is 4.79 Å². The molecular formula is C2N4O3. The highest BCUT2D eigenvalue weighted by atomic mass is 16.5. The number of rotatable bonds is 0. The van der Waals surface area contributed by atoms with Crippen molar-refractivity contribution in [2.24, 2.45) is 15.5 Å². The van der Waals surface area contributed by atoms with Crippen molar-refractivity contribution in [2.75, 3.05) is 0 Å². The van der Waals surface area contributed by atoms with E-state index in [1.807, 2.05) is 0 Å². The third-order valence-corrected chi connectivity index (χ3v) is 0.676. The molecule has 7 heteroatoms. The van der Waals surface area contributed by atoms with Crippen LogP contribution in [0, 0.1) is 10.1 Å². The Morgan fingerprint density at radius 2 is 2.33 bits per heavy atom. The molecule has 0 radical (unpaired) electrons. The lowest BCUT2D eigenvalue weighted by atomic mass is 10.6. The fourth-order valence-electron chi connectivity index (χ4n) is 0.324. The van der Waals surface area contributed by atoms with Gasteiger partial charge in [0.25, 0.3) is 0 Å². The summed E-state index contributed by atoms with van der Waals surface area (Å²) in [5.41, 5.74) is 0. The Kier molecular flexibility index (Phi) is 1.03. The van der Waals surface area contributed by atoms with E-state index >= 15 is 0 Å². The second-order valence-corrected chi connectivity index (χ2v) is 1.18. The van der Waals surface area contributed by atoms with Crippen molar-refractivity contribution in [1.29, 1.82) is 0 Å².